The van der Waals surface area contributed by atoms with Gasteiger partial charge in [-0.3, -0.25) is 4.79 Å². The maximum atomic E-state index is 13.3. The van der Waals surface area contributed by atoms with Crippen molar-refractivity contribution in [2.45, 2.75) is 11.9 Å². The van der Waals surface area contributed by atoms with Crippen molar-refractivity contribution >= 4 is 12.3 Å². The normalized spacial score (nSPS) is 13.2. The van der Waals surface area contributed by atoms with E-state index in [0.29, 0.717) is 6.29 Å². The second-order valence-electron chi connectivity index (χ2n) is 3.32. The Hall–Kier alpha value is -1.83. The minimum atomic E-state index is -3.32. The number of aliphatic carboxylic acids is 1. The van der Waals surface area contributed by atoms with Crippen LogP contribution >= 0.6 is 0 Å². The van der Waals surface area contributed by atoms with Gasteiger partial charge in [0.15, 0.2) is 0 Å². The number of carboxylic acid groups (broad SMARTS) is 1. The molecule has 4 N–H and O–H groups in total. The fourth-order valence-electron chi connectivity index (χ4n) is 1.22. The lowest BCUT2D eigenvalue weighted by molar-refractivity contribution is -0.239. The third-order valence-electron chi connectivity index (χ3n) is 2.14. The topological polar surface area (TPSA) is 115 Å². The van der Waals surface area contributed by atoms with Crippen LogP contribution in [0.3, 0.4) is 0 Å². The predicted octanol–water partition coefficient (Wildman–Crippen LogP) is -0.779. The first-order valence-corrected chi connectivity index (χ1v) is 4.41. The zero-order valence-electron chi connectivity index (χ0n) is 8.37. The zero-order valence-corrected chi connectivity index (χ0v) is 8.37. The van der Waals surface area contributed by atoms with Gasteiger partial charge in [0.05, 0.1) is 5.56 Å². The monoisotopic (exact) mass is 244 g/mol. The largest absolute Gasteiger partial charge is 0.479 e. The molecule has 0 fully saturated rings. The van der Waals surface area contributed by atoms with Crippen molar-refractivity contribution in [3.05, 3.63) is 35.1 Å². The lowest BCUT2D eigenvalue weighted by atomic mass is 9.98. The number of rotatable bonds is 4. The number of aliphatic hydroxyl groups excluding tert-OH is 1. The molecule has 0 bridgehead atoms. The number of aldehydes is 1. The maximum absolute atomic E-state index is 13.3. The van der Waals surface area contributed by atoms with E-state index in [4.69, 9.17) is 10.2 Å². The average molecular weight is 244 g/mol. The minimum absolute atomic E-state index is 0.0912. The van der Waals surface area contributed by atoms with Crippen molar-refractivity contribution in [2.75, 3.05) is 0 Å². The number of hydrogen-bond acceptors (Lipinski definition) is 5. The first-order valence-electron chi connectivity index (χ1n) is 4.41. The molecular weight excluding hydrogens is 235 g/mol. The molecule has 1 atom stereocenters. The van der Waals surface area contributed by atoms with Crippen LogP contribution in [0.1, 0.15) is 15.9 Å². The predicted molar refractivity (Wildman–Crippen MR) is 51.5 cm³/mol. The summed E-state index contributed by atoms with van der Waals surface area (Å²) < 4.78 is 13.3. The Bertz CT molecular complexity index is 456. The van der Waals surface area contributed by atoms with Gasteiger partial charge in [0.25, 0.3) is 0 Å². The summed E-state index contributed by atoms with van der Waals surface area (Å²) in [5, 5.41) is 36.3. The van der Waals surface area contributed by atoms with Crippen molar-refractivity contribution in [3.63, 3.8) is 0 Å². The summed E-state index contributed by atoms with van der Waals surface area (Å²) in [5.41, 5.74) is -0.983. The molecule has 92 valence electrons. The summed E-state index contributed by atoms with van der Waals surface area (Å²) in [6, 6.07) is 2.57. The van der Waals surface area contributed by atoms with E-state index in [2.05, 4.69) is 0 Å². The molecule has 1 rings (SSSR count). The SMILES string of the molecule is O=Cc1ccc(F)c(C(O)(O)C(O)C(=O)O)c1. The molecule has 1 aromatic carbocycles. The van der Waals surface area contributed by atoms with Gasteiger partial charge >= 0.3 is 5.97 Å². The molecule has 0 aliphatic heterocycles. The number of carbonyl (C=O) groups is 2. The molecular formula is C10H9FO6. The Labute approximate surface area is 94.6 Å². The first-order chi connectivity index (χ1) is 7.80. The highest BCUT2D eigenvalue weighted by atomic mass is 19.1. The average Bonchev–Trinajstić information content (AvgIpc) is 2.28. The van der Waals surface area contributed by atoms with E-state index in [1.807, 2.05) is 0 Å². The minimum Gasteiger partial charge on any atom is -0.479 e. The molecule has 7 heteroatoms. The van der Waals surface area contributed by atoms with E-state index in [1.165, 1.54) is 0 Å². The van der Waals surface area contributed by atoms with E-state index in [1.54, 1.807) is 0 Å². The third-order valence-corrected chi connectivity index (χ3v) is 2.14. The van der Waals surface area contributed by atoms with Crippen LogP contribution in [0.5, 0.6) is 0 Å². The standard InChI is InChI=1S/C10H9FO6/c11-7-2-1-5(4-12)3-6(7)10(16,17)8(13)9(14)15/h1-4,8,13,16-17H,(H,14,15). The Balaban J connectivity index is 3.30. The second-order valence-corrected chi connectivity index (χ2v) is 3.32. The number of aliphatic hydroxyl groups is 3. The second kappa shape index (κ2) is 4.58. The van der Waals surface area contributed by atoms with E-state index in [-0.39, 0.29) is 5.56 Å². The summed E-state index contributed by atoms with van der Waals surface area (Å²) >= 11 is 0. The molecule has 0 saturated carbocycles. The molecule has 0 amide bonds. The van der Waals surface area contributed by atoms with Crippen LogP contribution in [0.4, 0.5) is 4.39 Å². The Morgan fingerprint density at radius 2 is 2.00 bits per heavy atom. The molecule has 0 radical (unpaired) electrons. The summed E-state index contributed by atoms with van der Waals surface area (Å²) in [6.45, 7) is 0. The first kappa shape index (κ1) is 13.2. The van der Waals surface area contributed by atoms with Gasteiger partial charge in [-0.05, 0) is 18.2 Å². The highest BCUT2D eigenvalue weighted by Crippen LogP contribution is 2.25. The number of halogens is 1. The van der Waals surface area contributed by atoms with E-state index in [0.717, 1.165) is 18.2 Å². The third kappa shape index (κ3) is 2.47. The van der Waals surface area contributed by atoms with Gasteiger partial charge in [-0.15, -0.1) is 0 Å². The summed E-state index contributed by atoms with van der Waals surface area (Å²) in [5.74, 6) is -6.42. The summed E-state index contributed by atoms with van der Waals surface area (Å²) in [7, 11) is 0. The number of benzene rings is 1. The molecule has 6 nitrogen and oxygen atoms in total. The molecule has 1 unspecified atom stereocenters. The Morgan fingerprint density at radius 1 is 1.41 bits per heavy atom. The van der Waals surface area contributed by atoms with Crippen molar-refractivity contribution < 1.29 is 34.4 Å². The molecule has 0 spiro atoms. The van der Waals surface area contributed by atoms with E-state index >= 15 is 0 Å². The number of carboxylic acids is 1. The van der Waals surface area contributed by atoms with Gasteiger partial charge in [0.2, 0.25) is 11.9 Å². The Kier molecular flexibility index (Phi) is 3.56. The van der Waals surface area contributed by atoms with Gasteiger partial charge in [-0.1, -0.05) is 0 Å². The van der Waals surface area contributed by atoms with Gasteiger partial charge in [0, 0.05) is 5.56 Å². The van der Waals surface area contributed by atoms with Crippen LogP contribution in [0.25, 0.3) is 0 Å². The maximum Gasteiger partial charge on any atom is 0.338 e. The van der Waals surface area contributed by atoms with Gasteiger partial charge < -0.3 is 20.4 Å². The van der Waals surface area contributed by atoms with Crippen molar-refractivity contribution in [2.24, 2.45) is 0 Å². The zero-order chi connectivity index (χ0) is 13.2. The van der Waals surface area contributed by atoms with Crippen LogP contribution in [0, 0.1) is 5.82 Å². The molecule has 0 heterocycles. The number of carbonyl (C=O) groups excluding carboxylic acids is 1. The van der Waals surface area contributed by atoms with Crippen molar-refractivity contribution in [1.82, 2.24) is 0 Å². The van der Waals surface area contributed by atoms with Crippen LogP contribution in [0.2, 0.25) is 0 Å². The van der Waals surface area contributed by atoms with E-state index in [9.17, 15) is 24.2 Å². The van der Waals surface area contributed by atoms with Crippen LogP contribution < -0.4 is 0 Å². The van der Waals surface area contributed by atoms with Crippen molar-refractivity contribution in [3.8, 4) is 0 Å². The lowest BCUT2D eigenvalue weighted by Crippen LogP contribution is -2.45. The highest BCUT2D eigenvalue weighted by Gasteiger charge is 2.42. The molecule has 1 aromatic rings. The fourth-order valence-corrected chi connectivity index (χ4v) is 1.22. The Morgan fingerprint density at radius 3 is 2.47 bits per heavy atom. The summed E-state index contributed by atoms with van der Waals surface area (Å²) in [6.07, 6.45) is -2.33. The molecule has 0 saturated heterocycles. The fraction of sp³-hybridized carbons (Fsp3) is 0.200. The van der Waals surface area contributed by atoms with Crippen LogP contribution in [0.15, 0.2) is 18.2 Å². The lowest BCUT2D eigenvalue weighted by Gasteiger charge is -2.25. The van der Waals surface area contributed by atoms with Gasteiger partial charge in [0.1, 0.15) is 12.1 Å². The van der Waals surface area contributed by atoms with E-state index < -0.39 is 29.2 Å². The number of hydrogen-bond donors (Lipinski definition) is 4. The van der Waals surface area contributed by atoms with Crippen LogP contribution in [-0.2, 0) is 10.6 Å². The molecule has 0 aromatic heterocycles. The molecule has 0 aliphatic carbocycles. The quantitative estimate of drug-likeness (QED) is 0.408. The highest BCUT2D eigenvalue weighted by molar-refractivity contribution is 5.76. The summed E-state index contributed by atoms with van der Waals surface area (Å²) in [4.78, 5) is 20.9. The van der Waals surface area contributed by atoms with Gasteiger partial charge in [-0.2, -0.15) is 0 Å². The van der Waals surface area contributed by atoms with Crippen LogP contribution in [-0.4, -0.2) is 38.8 Å². The molecule has 0 aliphatic rings. The van der Waals surface area contributed by atoms with Crippen molar-refractivity contribution in [1.29, 1.82) is 0 Å². The molecule has 17 heavy (non-hydrogen) atoms. The smallest absolute Gasteiger partial charge is 0.338 e. The van der Waals surface area contributed by atoms with Gasteiger partial charge in [-0.25, -0.2) is 9.18 Å².